The van der Waals surface area contributed by atoms with Gasteiger partial charge in [0.25, 0.3) is 5.91 Å². The SMILES string of the molecule is Cc1cnc(C(=O)N2CCC[C@](O)(c3nc(C)c(COc4ccccc4)s3)CC2)cn1. The molecule has 0 aliphatic carbocycles. The summed E-state index contributed by atoms with van der Waals surface area (Å²) in [5.41, 5.74) is 0.930. The number of thiazole rings is 1. The Morgan fingerprint density at radius 3 is 2.71 bits per heavy atom. The molecule has 1 aliphatic rings. The van der Waals surface area contributed by atoms with Crippen LogP contribution in [0.15, 0.2) is 42.7 Å². The quantitative estimate of drug-likeness (QED) is 0.654. The molecular weight excluding hydrogens is 412 g/mol. The molecule has 3 aromatic rings. The number of hydrogen-bond acceptors (Lipinski definition) is 7. The second-order valence-corrected chi connectivity index (χ2v) is 8.93. The molecule has 1 aliphatic heterocycles. The molecule has 8 heteroatoms. The third-order valence-electron chi connectivity index (χ3n) is 5.50. The van der Waals surface area contributed by atoms with Crippen molar-refractivity contribution in [2.24, 2.45) is 0 Å². The molecule has 1 atom stereocenters. The van der Waals surface area contributed by atoms with Crippen LogP contribution in [0.5, 0.6) is 5.75 Å². The first-order valence-corrected chi connectivity index (χ1v) is 11.2. The summed E-state index contributed by atoms with van der Waals surface area (Å²) in [6.07, 6.45) is 4.79. The first kappa shape index (κ1) is 21.4. The summed E-state index contributed by atoms with van der Waals surface area (Å²) in [5, 5.41) is 12.1. The summed E-state index contributed by atoms with van der Waals surface area (Å²) in [6, 6.07) is 9.65. The van der Waals surface area contributed by atoms with Crippen LogP contribution in [0.4, 0.5) is 0 Å². The third kappa shape index (κ3) is 4.91. The van der Waals surface area contributed by atoms with Gasteiger partial charge in [-0.2, -0.15) is 0 Å². The van der Waals surface area contributed by atoms with Gasteiger partial charge in [-0.05, 0) is 38.8 Å². The van der Waals surface area contributed by atoms with E-state index in [1.807, 2.05) is 44.2 Å². The van der Waals surface area contributed by atoms with Crippen LogP contribution >= 0.6 is 11.3 Å². The van der Waals surface area contributed by atoms with Gasteiger partial charge in [0.1, 0.15) is 28.7 Å². The number of para-hydroxylation sites is 1. The minimum atomic E-state index is -1.05. The van der Waals surface area contributed by atoms with Crippen molar-refractivity contribution in [1.82, 2.24) is 19.9 Å². The van der Waals surface area contributed by atoms with Gasteiger partial charge in [-0.3, -0.25) is 9.78 Å². The molecule has 2 aromatic heterocycles. The first-order chi connectivity index (χ1) is 14.9. The lowest BCUT2D eigenvalue weighted by molar-refractivity contribution is 0.0209. The Labute approximate surface area is 185 Å². The Balaban J connectivity index is 1.43. The number of aryl methyl sites for hydroxylation is 2. The molecule has 7 nitrogen and oxygen atoms in total. The van der Waals surface area contributed by atoms with Crippen molar-refractivity contribution < 1.29 is 14.6 Å². The van der Waals surface area contributed by atoms with Gasteiger partial charge in [0, 0.05) is 25.7 Å². The third-order valence-corrected chi connectivity index (χ3v) is 6.83. The molecule has 1 N–H and O–H groups in total. The standard InChI is InChI=1S/C23H26N4O3S/c1-16-13-25-19(14-24-16)21(28)27-11-6-9-23(29,10-12-27)22-26-17(2)20(31-22)15-30-18-7-4-3-5-8-18/h3-5,7-8,13-14,29H,6,9-12,15H2,1-2H3/t23-/m1/s1. The van der Waals surface area contributed by atoms with Gasteiger partial charge >= 0.3 is 0 Å². The molecule has 4 rings (SSSR count). The van der Waals surface area contributed by atoms with E-state index in [1.165, 1.54) is 17.5 Å². The maximum absolute atomic E-state index is 12.8. The Kier molecular flexibility index (Phi) is 6.29. The number of benzene rings is 1. The lowest BCUT2D eigenvalue weighted by atomic mass is 9.96. The van der Waals surface area contributed by atoms with E-state index in [4.69, 9.17) is 4.74 Å². The highest BCUT2D eigenvalue weighted by Crippen LogP contribution is 2.37. The molecular formula is C23H26N4O3S. The van der Waals surface area contributed by atoms with Crippen LogP contribution in [0.1, 0.15) is 51.0 Å². The molecule has 1 fully saturated rings. The zero-order valence-corrected chi connectivity index (χ0v) is 18.6. The van der Waals surface area contributed by atoms with Gasteiger partial charge < -0.3 is 14.7 Å². The highest BCUT2D eigenvalue weighted by atomic mass is 32.1. The van der Waals surface area contributed by atoms with Crippen molar-refractivity contribution in [3.05, 3.63) is 69.7 Å². The van der Waals surface area contributed by atoms with E-state index in [2.05, 4.69) is 15.0 Å². The van der Waals surface area contributed by atoms with E-state index < -0.39 is 5.60 Å². The van der Waals surface area contributed by atoms with E-state index in [0.29, 0.717) is 49.7 Å². The van der Waals surface area contributed by atoms with E-state index in [1.54, 1.807) is 11.1 Å². The smallest absolute Gasteiger partial charge is 0.274 e. The molecule has 1 aromatic carbocycles. The predicted molar refractivity (Wildman–Crippen MR) is 118 cm³/mol. The van der Waals surface area contributed by atoms with Crippen LogP contribution in [-0.2, 0) is 12.2 Å². The van der Waals surface area contributed by atoms with Crippen LogP contribution in [0, 0.1) is 13.8 Å². The van der Waals surface area contributed by atoms with Crippen molar-refractivity contribution in [1.29, 1.82) is 0 Å². The number of ether oxygens (including phenoxy) is 1. The number of carbonyl (C=O) groups is 1. The predicted octanol–water partition coefficient (Wildman–Crippen LogP) is 3.64. The first-order valence-electron chi connectivity index (χ1n) is 10.4. The highest BCUT2D eigenvalue weighted by molar-refractivity contribution is 7.11. The van der Waals surface area contributed by atoms with E-state index in [9.17, 15) is 9.90 Å². The molecule has 0 radical (unpaired) electrons. The van der Waals surface area contributed by atoms with Crippen LogP contribution < -0.4 is 4.74 Å². The molecule has 0 unspecified atom stereocenters. The molecule has 3 heterocycles. The average molecular weight is 439 g/mol. The topological polar surface area (TPSA) is 88.4 Å². The fourth-order valence-electron chi connectivity index (χ4n) is 3.63. The fraction of sp³-hybridized carbons (Fsp3) is 0.391. The molecule has 0 saturated carbocycles. The molecule has 162 valence electrons. The number of likely N-dealkylation sites (tertiary alicyclic amines) is 1. The minimum absolute atomic E-state index is 0.149. The van der Waals surface area contributed by atoms with Gasteiger partial charge in [-0.15, -0.1) is 11.3 Å². The molecule has 0 spiro atoms. The maximum atomic E-state index is 12.8. The van der Waals surface area contributed by atoms with Gasteiger partial charge in [-0.25, -0.2) is 9.97 Å². The summed E-state index contributed by atoms with van der Waals surface area (Å²) in [7, 11) is 0. The summed E-state index contributed by atoms with van der Waals surface area (Å²) in [4.78, 5) is 28.6. The van der Waals surface area contributed by atoms with Crippen molar-refractivity contribution in [3.8, 4) is 5.75 Å². The second kappa shape index (κ2) is 9.11. The number of nitrogens with zero attached hydrogens (tertiary/aromatic N) is 4. The Morgan fingerprint density at radius 2 is 1.97 bits per heavy atom. The van der Waals surface area contributed by atoms with Gasteiger partial charge in [0.05, 0.1) is 22.5 Å². The van der Waals surface area contributed by atoms with Crippen molar-refractivity contribution >= 4 is 17.2 Å². The van der Waals surface area contributed by atoms with Crippen LogP contribution in [-0.4, -0.2) is 44.0 Å². The Hall–Kier alpha value is -2.84. The fourth-order valence-corrected chi connectivity index (χ4v) is 4.75. The summed E-state index contributed by atoms with van der Waals surface area (Å²) in [6.45, 7) is 5.21. The minimum Gasteiger partial charge on any atom is -0.488 e. The highest BCUT2D eigenvalue weighted by Gasteiger charge is 2.36. The van der Waals surface area contributed by atoms with E-state index in [0.717, 1.165) is 22.0 Å². The lowest BCUT2D eigenvalue weighted by Crippen LogP contribution is -2.34. The van der Waals surface area contributed by atoms with Crippen molar-refractivity contribution in [3.63, 3.8) is 0 Å². The Bertz CT molecular complexity index is 1040. The van der Waals surface area contributed by atoms with Crippen LogP contribution in [0.3, 0.4) is 0 Å². The summed E-state index contributed by atoms with van der Waals surface area (Å²) < 4.78 is 5.86. The van der Waals surface area contributed by atoms with E-state index >= 15 is 0 Å². The van der Waals surface area contributed by atoms with Crippen LogP contribution in [0.25, 0.3) is 0 Å². The van der Waals surface area contributed by atoms with Crippen molar-refractivity contribution in [2.45, 2.75) is 45.3 Å². The molecule has 1 amide bonds. The number of hydrogen-bond donors (Lipinski definition) is 1. The normalized spacial score (nSPS) is 19.1. The zero-order valence-electron chi connectivity index (χ0n) is 17.7. The largest absolute Gasteiger partial charge is 0.488 e. The second-order valence-electron chi connectivity index (χ2n) is 7.85. The summed E-state index contributed by atoms with van der Waals surface area (Å²) in [5.74, 6) is 0.655. The number of aliphatic hydroxyl groups is 1. The van der Waals surface area contributed by atoms with E-state index in [-0.39, 0.29) is 5.91 Å². The summed E-state index contributed by atoms with van der Waals surface area (Å²) >= 11 is 1.49. The van der Waals surface area contributed by atoms with Gasteiger partial charge in [-0.1, -0.05) is 18.2 Å². The van der Waals surface area contributed by atoms with Gasteiger partial charge in [0.15, 0.2) is 0 Å². The number of rotatable bonds is 5. The monoisotopic (exact) mass is 438 g/mol. The molecule has 31 heavy (non-hydrogen) atoms. The lowest BCUT2D eigenvalue weighted by Gasteiger charge is -2.24. The maximum Gasteiger partial charge on any atom is 0.274 e. The Morgan fingerprint density at radius 1 is 1.16 bits per heavy atom. The van der Waals surface area contributed by atoms with Crippen molar-refractivity contribution in [2.75, 3.05) is 13.1 Å². The number of aromatic nitrogens is 3. The molecule has 1 saturated heterocycles. The zero-order chi connectivity index (χ0) is 21.8. The number of carbonyl (C=O) groups excluding carboxylic acids is 1. The van der Waals surface area contributed by atoms with Gasteiger partial charge in [0.2, 0.25) is 0 Å². The number of amides is 1. The average Bonchev–Trinajstić information content (AvgIpc) is 3.04. The van der Waals surface area contributed by atoms with Crippen LogP contribution in [0.2, 0.25) is 0 Å². The molecule has 0 bridgehead atoms.